The maximum absolute atomic E-state index is 12.8. The lowest BCUT2D eigenvalue weighted by atomic mass is 10.1. The number of hydrogen-bond acceptors (Lipinski definition) is 3. The molecule has 1 aromatic carbocycles. The Morgan fingerprint density at radius 1 is 1.11 bits per heavy atom. The number of halogens is 1. The van der Waals surface area contributed by atoms with Crippen LogP contribution < -0.4 is 5.32 Å². The molecule has 1 aromatic rings. The Labute approximate surface area is 114 Å². The van der Waals surface area contributed by atoms with Crippen LogP contribution in [0.1, 0.15) is 12.0 Å². The maximum atomic E-state index is 12.8. The number of benzene rings is 1. The highest BCUT2D eigenvalue weighted by atomic mass is 19.1. The smallest absolute Gasteiger partial charge is 0.123 e. The molecule has 0 atom stereocenters. The van der Waals surface area contributed by atoms with Gasteiger partial charge in [-0.25, -0.2) is 4.39 Å². The first-order valence-corrected chi connectivity index (χ1v) is 7.23. The van der Waals surface area contributed by atoms with Crippen LogP contribution in [0.4, 0.5) is 4.39 Å². The Morgan fingerprint density at radius 2 is 1.89 bits per heavy atom. The van der Waals surface area contributed by atoms with E-state index in [0.29, 0.717) is 0 Å². The molecule has 0 aliphatic carbocycles. The van der Waals surface area contributed by atoms with Crippen molar-refractivity contribution >= 4 is 0 Å². The zero-order valence-corrected chi connectivity index (χ0v) is 11.3. The van der Waals surface area contributed by atoms with Gasteiger partial charge in [0.05, 0.1) is 0 Å². The van der Waals surface area contributed by atoms with Crippen LogP contribution in [-0.4, -0.2) is 55.1 Å². The number of rotatable bonds is 3. The minimum absolute atomic E-state index is 0.151. The molecule has 0 unspecified atom stereocenters. The van der Waals surface area contributed by atoms with Crippen molar-refractivity contribution in [3.05, 3.63) is 35.6 Å². The molecule has 2 aliphatic heterocycles. The van der Waals surface area contributed by atoms with Crippen molar-refractivity contribution < 1.29 is 4.39 Å². The summed E-state index contributed by atoms with van der Waals surface area (Å²) in [7, 11) is 0. The van der Waals surface area contributed by atoms with E-state index in [1.165, 1.54) is 25.1 Å². The fourth-order valence-corrected chi connectivity index (χ4v) is 2.98. The van der Waals surface area contributed by atoms with Gasteiger partial charge >= 0.3 is 0 Å². The highest BCUT2D eigenvalue weighted by Gasteiger charge is 2.31. The van der Waals surface area contributed by atoms with Gasteiger partial charge in [-0.3, -0.25) is 9.80 Å². The highest BCUT2D eigenvalue weighted by molar-refractivity contribution is 5.16. The Kier molecular flexibility index (Phi) is 4.11. The molecule has 0 saturated carbocycles. The summed E-state index contributed by atoms with van der Waals surface area (Å²) in [5.74, 6) is -0.151. The highest BCUT2D eigenvalue weighted by Crippen LogP contribution is 2.18. The minimum atomic E-state index is -0.151. The molecular formula is C15H22FN3. The third-order valence-corrected chi connectivity index (χ3v) is 4.15. The van der Waals surface area contributed by atoms with Gasteiger partial charge in [0.15, 0.2) is 0 Å². The summed E-state index contributed by atoms with van der Waals surface area (Å²) in [6, 6.07) is 7.59. The van der Waals surface area contributed by atoms with E-state index in [0.717, 1.165) is 38.8 Å². The predicted molar refractivity (Wildman–Crippen MR) is 74.5 cm³/mol. The van der Waals surface area contributed by atoms with Crippen molar-refractivity contribution in [1.82, 2.24) is 15.1 Å². The molecule has 0 amide bonds. The molecule has 0 bridgehead atoms. The summed E-state index contributed by atoms with van der Waals surface area (Å²) in [6.45, 7) is 7.92. The number of likely N-dealkylation sites (tertiary alicyclic amines) is 1. The number of hydrogen-bond donors (Lipinski definition) is 1. The lowest BCUT2D eigenvalue weighted by molar-refractivity contribution is 0.0322. The summed E-state index contributed by atoms with van der Waals surface area (Å²) in [4.78, 5) is 5.05. The standard InChI is InChI=1S/C15H22FN3/c16-14-4-2-13(3-5-14)10-18-11-15(12-18)19-8-1-6-17-7-9-19/h2-5,15,17H,1,6-12H2. The fraction of sp³-hybridized carbons (Fsp3) is 0.600. The quantitative estimate of drug-likeness (QED) is 0.887. The molecule has 3 nitrogen and oxygen atoms in total. The maximum Gasteiger partial charge on any atom is 0.123 e. The zero-order chi connectivity index (χ0) is 13.1. The summed E-state index contributed by atoms with van der Waals surface area (Å²) < 4.78 is 12.8. The van der Waals surface area contributed by atoms with E-state index in [2.05, 4.69) is 15.1 Å². The van der Waals surface area contributed by atoms with E-state index in [4.69, 9.17) is 0 Å². The second-order valence-corrected chi connectivity index (χ2v) is 5.61. The van der Waals surface area contributed by atoms with Gasteiger partial charge in [-0.15, -0.1) is 0 Å². The molecule has 0 spiro atoms. The molecule has 0 radical (unpaired) electrons. The monoisotopic (exact) mass is 263 g/mol. The molecule has 2 heterocycles. The van der Waals surface area contributed by atoms with Gasteiger partial charge in [-0.2, -0.15) is 0 Å². The van der Waals surface area contributed by atoms with Crippen molar-refractivity contribution in [3.8, 4) is 0 Å². The van der Waals surface area contributed by atoms with Crippen molar-refractivity contribution in [1.29, 1.82) is 0 Å². The lowest BCUT2D eigenvalue weighted by Crippen LogP contribution is -2.59. The van der Waals surface area contributed by atoms with Gasteiger partial charge in [0.25, 0.3) is 0 Å². The van der Waals surface area contributed by atoms with Gasteiger partial charge in [-0.05, 0) is 37.2 Å². The van der Waals surface area contributed by atoms with E-state index in [1.807, 2.05) is 12.1 Å². The van der Waals surface area contributed by atoms with Crippen LogP contribution in [0, 0.1) is 5.82 Å². The third kappa shape index (κ3) is 3.32. The Morgan fingerprint density at radius 3 is 2.68 bits per heavy atom. The fourth-order valence-electron chi connectivity index (χ4n) is 2.98. The van der Waals surface area contributed by atoms with E-state index >= 15 is 0 Å². The topological polar surface area (TPSA) is 18.5 Å². The van der Waals surface area contributed by atoms with Crippen molar-refractivity contribution in [3.63, 3.8) is 0 Å². The molecule has 19 heavy (non-hydrogen) atoms. The molecule has 104 valence electrons. The second-order valence-electron chi connectivity index (χ2n) is 5.61. The van der Waals surface area contributed by atoms with Crippen molar-refractivity contribution in [2.75, 3.05) is 39.3 Å². The van der Waals surface area contributed by atoms with Crippen LogP contribution in [-0.2, 0) is 6.54 Å². The van der Waals surface area contributed by atoms with Gasteiger partial charge in [0.1, 0.15) is 5.82 Å². The Hall–Kier alpha value is -0.970. The van der Waals surface area contributed by atoms with Crippen LogP contribution in [0.3, 0.4) is 0 Å². The van der Waals surface area contributed by atoms with Gasteiger partial charge in [0, 0.05) is 38.8 Å². The summed E-state index contributed by atoms with van der Waals surface area (Å²) in [6.07, 6.45) is 1.26. The Balaban J connectivity index is 1.45. The molecule has 4 heteroatoms. The average molecular weight is 263 g/mol. The molecular weight excluding hydrogens is 241 g/mol. The van der Waals surface area contributed by atoms with E-state index in [1.54, 1.807) is 12.1 Å². The van der Waals surface area contributed by atoms with E-state index < -0.39 is 0 Å². The summed E-state index contributed by atoms with van der Waals surface area (Å²) >= 11 is 0. The van der Waals surface area contributed by atoms with Gasteiger partial charge < -0.3 is 5.32 Å². The van der Waals surface area contributed by atoms with E-state index in [-0.39, 0.29) is 5.82 Å². The first-order valence-electron chi connectivity index (χ1n) is 7.23. The molecule has 2 fully saturated rings. The average Bonchev–Trinajstić information content (AvgIpc) is 2.64. The minimum Gasteiger partial charge on any atom is -0.315 e. The van der Waals surface area contributed by atoms with Crippen LogP contribution in [0.5, 0.6) is 0 Å². The van der Waals surface area contributed by atoms with Crippen LogP contribution in [0.15, 0.2) is 24.3 Å². The number of nitrogens with one attached hydrogen (secondary N) is 1. The molecule has 0 aromatic heterocycles. The van der Waals surface area contributed by atoms with Crippen LogP contribution >= 0.6 is 0 Å². The van der Waals surface area contributed by atoms with Crippen molar-refractivity contribution in [2.45, 2.75) is 19.0 Å². The van der Waals surface area contributed by atoms with Crippen LogP contribution in [0.25, 0.3) is 0 Å². The van der Waals surface area contributed by atoms with E-state index in [9.17, 15) is 4.39 Å². The van der Waals surface area contributed by atoms with Gasteiger partial charge in [0.2, 0.25) is 0 Å². The lowest BCUT2D eigenvalue weighted by Gasteiger charge is -2.45. The first-order chi connectivity index (χ1) is 9.31. The molecule has 2 aliphatic rings. The zero-order valence-electron chi connectivity index (χ0n) is 11.3. The second kappa shape index (κ2) is 5.99. The van der Waals surface area contributed by atoms with Crippen LogP contribution in [0.2, 0.25) is 0 Å². The SMILES string of the molecule is Fc1ccc(CN2CC(N3CCCNCC3)C2)cc1. The summed E-state index contributed by atoms with van der Waals surface area (Å²) in [5.41, 5.74) is 1.21. The first kappa shape index (κ1) is 13.0. The van der Waals surface area contributed by atoms with Crippen molar-refractivity contribution in [2.24, 2.45) is 0 Å². The molecule has 2 saturated heterocycles. The normalized spacial score (nSPS) is 23.0. The third-order valence-electron chi connectivity index (χ3n) is 4.15. The Bertz CT molecular complexity index is 392. The molecule has 1 N–H and O–H groups in total. The number of nitrogens with zero attached hydrogens (tertiary/aromatic N) is 2. The molecule has 3 rings (SSSR count). The van der Waals surface area contributed by atoms with Gasteiger partial charge in [-0.1, -0.05) is 12.1 Å². The predicted octanol–water partition coefficient (Wildman–Crippen LogP) is 1.31. The summed E-state index contributed by atoms with van der Waals surface area (Å²) in [5, 5.41) is 3.45. The largest absolute Gasteiger partial charge is 0.315 e.